The first-order valence-corrected chi connectivity index (χ1v) is 10.6. The molecule has 2 fully saturated rings. The van der Waals surface area contributed by atoms with Gasteiger partial charge < -0.3 is 19.8 Å². The van der Waals surface area contributed by atoms with Crippen LogP contribution >= 0.6 is 0 Å². The summed E-state index contributed by atoms with van der Waals surface area (Å²) in [6.07, 6.45) is 8.81. The molecule has 0 aliphatic heterocycles. The van der Waals surface area contributed by atoms with Gasteiger partial charge in [-0.3, -0.25) is 4.79 Å². The van der Waals surface area contributed by atoms with E-state index in [1.54, 1.807) is 0 Å². The second-order valence-electron chi connectivity index (χ2n) is 8.95. The molecule has 0 radical (unpaired) electrons. The Hall–Kier alpha value is -1.40. The fourth-order valence-corrected chi connectivity index (χ4v) is 4.43. The number of hydrogen-bond acceptors (Lipinski definition) is 6. The molecule has 0 heterocycles. The molecule has 0 aromatic rings. The van der Waals surface area contributed by atoms with Crippen molar-refractivity contribution >= 4 is 11.7 Å². The largest absolute Gasteiger partial charge is 0.469 e. The number of unbranched alkanes of at least 4 members (excludes halogenated alkanes) is 1. The summed E-state index contributed by atoms with van der Waals surface area (Å²) in [5, 5.41) is 25.3. The SMILES string of the molecule is CCCCC(C)(C)C(O)C=C[C@H]1[C@@H]2C/C(=N/OCCC(=O)OC)C[C@H]2C[C@@H]1O. The second kappa shape index (κ2) is 10.4. The van der Waals surface area contributed by atoms with Gasteiger partial charge in [0.1, 0.15) is 6.61 Å². The highest BCUT2D eigenvalue weighted by atomic mass is 16.6. The second-order valence-corrected chi connectivity index (χ2v) is 8.95. The van der Waals surface area contributed by atoms with Crippen molar-refractivity contribution < 1.29 is 24.6 Å². The van der Waals surface area contributed by atoms with Gasteiger partial charge in [0.05, 0.1) is 31.5 Å². The number of carbonyl (C=O) groups is 1. The highest BCUT2D eigenvalue weighted by molar-refractivity contribution is 5.86. The van der Waals surface area contributed by atoms with Gasteiger partial charge in [-0.1, -0.05) is 50.9 Å². The van der Waals surface area contributed by atoms with Crippen molar-refractivity contribution in [2.24, 2.45) is 28.3 Å². The highest BCUT2D eigenvalue weighted by Gasteiger charge is 2.46. The maximum atomic E-state index is 11.1. The van der Waals surface area contributed by atoms with Crippen molar-refractivity contribution in [3.63, 3.8) is 0 Å². The van der Waals surface area contributed by atoms with Gasteiger partial charge in [-0.05, 0) is 42.9 Å². The number of carbonyl (C=O) groups excluding carboxylic acids is 1. The molecule has 6 heteroatoms. The van der Waals surface area contributed by atoms with Crippen LogP contribution in [0.2, 0.25) is 0 Å². The molecule has 2 aliphatic carbocycles. The van der Waals surface area contributed by atoms with Crippen LogP contribution in [0, 0.1) is 23.2 Å². The molecule has 2 rings (SSSR count). The van der Waals surface area contributed by atoms with E-state index in [0.717, 1.165) is 44.2 Å². The van der Waals surface area contributed by atoms with Gasteiger partial charge in [0.2, 0.25) is 0 Å². The van der Waals surface area contributed by atoms with Gasteiger partial charge in [0, 0.05) is 5.92 Å². The number of nitrogens with zero attached hydrogens (tertiary/aromatic N) is 1. The van der Waals surface area contributed by atoms with Crippen LogP contribution in [0.4, 0.5) is 0 Å². The Labute approximate surface area is 169 Å². The third kappa shape index (κ3) is 6.05. The molecule has 0 amide bonds. The van der Waals surface area contributed by atoms with Crippen molar-refractivity contribution in [1.82, 2.24) is 0 Å². The van der Waals surface area contributed by atoms with Gasteiger partial charge in [-0.2, -0.15) is 0 Å². The van der Waals surface area contributed by atoms with E-state index in [9.17, 15) is 15.0 Å². The van der Waals surface area contributed by atoms with Crippen LogP contribution < -0.4 is 0 Å². The van der Waals surface area contributed by atoms with Crippen LogP contribution in [0.25, 0.3) is 0 Å². The molecule has 0 saturated heterocycles. The predicted molar refractivity (Wildman–Crippen MR) is 109 cm³/mol. The summed E-state index contributed by atoms with van der Waals surface area (Å²) >= 11 is 0. The zero-order chi connectivity index (χ0) is 20.7. The summed E-state index contributed by atoms with van der Waals surface area (Å²) < 4.78 is 4.58. The van der Waals surface area contributed by atoms with Crippen LogP contribution in [-0.2, 0) is 14.4 Å². The lowest BCUT2D eigenvalue weighted by atomic mass is 9.80. The van der Waals surface area contributed by atoms with E-state index in [1.165, 1.54) is 7.11 Å². The number of oxime groups is 1. The van der Waals surface area contributed by atoms with E-state index in [4.69, 9.17) is 4.84 Å². The van der Waals surface area contributed by atoms with Gasteiger partial charge in [0.25, 0.3) is 0 Å². The molecule has 0 aromatic heterocycles. The Balaban J connectivity index is 1.90. The van der Waals surface area contributed by atoms with E-state index >= 15 is 0 Å². The van der Waals surface area contributed by atoms with Crippen molar-refractivity contribution in [2.75, 3.05) is 13.7 Å². The zero-order valence-electron chi connectivity index (χ0n) is 17.8. The molecule has 5 atom stereocenters. The molecular formula is C22H37NO5. The van der Waals surface area contributed by atoms with Gasteiger partial charge in [-0.15, -0.1) is 0 Å². The Morgan fingerprint density at radius 2 is 2.14 bits per heavy atom. The fourth-order valence-electron chi connectivity index (χ4n) is 4.43. The summed E-state index contributed by atoms with van der Waals surface area (Å²) in [5.41, 5.74) is 0.833. The quantitative estimate of drug-likeness (QED) is 0.256. The summed E-state index contributed by atoms with van der Waals surface area (Å²) in [5.74, 6) is 0.472. The fraction of sp³-hybridized carbons (Fsp3) is 0.818. The van der Waals surface area contributed by atoms with E-state index in [1.807, 2.05) is 12.2 Å². The first kappa shape index (κ1) is 22.9. The standard InChI is InChI=1S/C22H37NO5/c1-5-6-10-22(2,3)20(25)8-7-17-18-14-16(12-15(18)13-19(17)24)23-28-11-9-21(26)27-4/h7-8,15,17-20,24-25H,5-6,9-14H2,1-4H3/b8-7?,23-16+/t15-,17-,18+,19-,20?/m0/s1. The lowest BCUT2D eigenvalue weighted by molar-refractivity contribution is -0.141. The summed E-state index contributed by atoms with van der Waals surface area (Å²) in [6, 6.07) is 0. The first-order valence-electron chi connectivity index (χ1n) is 10.6. The number of fused-ring (bicyclic) bond motifs is 1. The van der Waals surface area contributed by atoms with Crippen molar-refractivity contribution in [3.05, 3.63) is 12.2 Å². The number of hydrogen-bond donors (Lipinski definition) is 2. The van der Waals surface area contributed by atoms with Crippen LogP contribution in [0.15, 0.2) is 17.3 Å². The van der Waals surface area contributed by atoms with E-state index in [2.05, 4.69) is 30.7 Å². The number of rotatable bonds is 10. The number of aliphatic hydroxyl groups excluding tert-OH is 2. The Morgan fingerprint density at radius 1 is 1.39 bits per heavy atom. The molecule has 0 bridgehead atoms. The number of aliphatic hydroxyl groups is 2. The smallest absolute Gasteiger partial charge is 0.309 e. The average molecular weight is 396 g/mol. The van der Waals surface area contributed by atoms with Gasteiger partial charge in [0.15, 0.2) is 0 Å². The maximum Gasteiger partial charge on any atom is 0.309 e. The van der Waals surface area contributed by atoms with E-state index in [0.29, 0.717) is 11.8 Å². The van der Waals surface area contributed by atoms with Crippen molar-refractivity contribution in [2.45, 2.75) is 77.9 Å². The molecule has 0 spiro atoms. The maximum absolute atomic E-state index is 11.1. The monoisotopic (exact) mass is 395 g/mol. The van der Waals surface area contributed by atoms with Crippen LogP contribution in [0.1, 0.15) is 65.7 Å². The third-order valence-electron chi connectivity index (χ3n) is 6.37. The summed E-state index contributed by atoms with van der Waals surface area (Å²) in [7, 11) is 1.35. The zero-order valence-corrected chi connectivity index (χ0v) is 17.8. The summed E-state index contributed by atoms with van der Waals surface area (Å²) in [6.45, 7) is 6.57. The average Bonchev–Trinajstić information content (AvgIpc) is 3.17. The summed E-state index contributed by atoms with van der Waals surface area (Å²) in [4.78, 5) is 16.4. The van der Waals surface area contributed by atoms with Crippen molar-refractivity contribution in [3.8, 4) is 0 Å². The van der Waals surface area contributed by atoms with Crippen LogP contribution in [0.3, 0.4) is 0 Å². The minimum absolute atomic E-state index is 0.0457. The Bertz CT molecular complexity index is 571. The molecule has 6 nitrogen and oxygen atoms in total. The lowest BCUT2D eigenvalue weighted by Gasteiger charge is -2.29. The third-order valence-corrected chi connectivity index (χ3v) is 6.37. The molecule has 2 saturated carbocycles. The molecular weight excluding hydrogens is 358 g/mol. The van der Waals surface area contributed by atoms with Gasteiger partial charge in [-0.25, -0.2) is 0 Å². The first-order chi connectivity index (χ1) is 13.3. The Kier molecular flexibility index (Phi) is 8.50. The molecule has 160 valence electrons. The highest BCUT2D eigenvalue weighted by Crippen LogP contribution is 2.47. The number of methoxy groups -OCH3 is 1. The van der Waals surface area contributed by atoms with E-state index in [-0.39, 0.29) is 36.4 Å². The Morgan fingerprint density at radius 3 is 2.82 bits per heavy atom. The molecule has 2 aliphatic rings. The van der Waals surface area contributed by atoms with Gasteiger partial charge >= 0.3 is 5.97 Å². The van der Waals surface area contributed by atoms with Crippen LogP contribution in [-0.4, -0.2) is 47.8 Å². The predicted octanol–water partition coefficient (Wildman–Crippen LogP) is 3.46. The van der Waals surface area contributed by atoms with Crippen LogP contribution in [0.5, 0.6) is 0 Å². The minimum Gasteiger partial charge on any atom is -0.469 e. The van der Waals surface area contributed by atoms with E-state index < -0.39 is 6.10 Å². The normalized spacial score (nSPS) is 30.0. The molecule has 1 unspecified atom stereocenters. The molecule has 0 aromatic carbocycles. The lowest BCUT2D eigenvalue weighted by Crippen LogP contribution is -2.28. The topological polar surface area (TPSA) is 88.4 Å². The number of ether oxygens (including phenoxy) is 1. The molecule has 28 heavy (non-hydrogen) atoms. The number of esters is 1. The van der Waals surface area contributed by atoms with Crippen molar-refractivity contribution in [1.29, 1.82) is 0 Å². The molecule has 2 N–H and O–H groups in total. The minimum atomic E-state index is -0.513.